The molecule has 0 aromatic heterocycles. The summed E-state index contributed by atoms with van der Waals surface area (Å²) in [5, 5.41) is 5.41. The lowest BCUT2D eigenvalue weighted by Gasteiger charge is -2.07. The van der Waals surface area contributed by atoms with Crippen molar-refractivity contribution < 1.29 is 9.59 Å². The SMILES string of the molecule is CNC(=O)c1ccc(CNC(=O)c2cccc(Br)c2)cc1. The molecule has 0 unspecified atom stereocenters. The van der Waals surface area contributed by atoms with E-state index >= 15 is 0 Å². The average Bonchev–Trinajstić information content (AvgIpc) is 2.52. The van der Waals surface area contributed by atoms with Crippen molar-refractivity contribution in [3.63, 3.8) is 0 Å². The van der Waals surface area contributed by atoms with Gasteiger partial charge in [0.2, 0.25) is 0 Å². The summed E-state index contributed by atoms with van der Waals surface area (Å²) < 4.78 is 0.866. The molecule has 0 aliphatic carbocycles. The lowest BCUT2D eigenvalue weighted by atomic mass is 10.1. The third-order valence-electron chi connectivity index (χ3n) is 2.98. The third kappa shape index (κ3) is 4.16. The van der Waals surface area contributed by atoms with E-state index in [1.807, 2.05) is 24.3 Å². The Morgan fingerprint density at radius 1 is 1.00 bits per heavy atom. The maximum Gasteiger partial charge on any atom is 0.251 e. The highest BCUT2D eigenvalue weighted by atomic mass is 79.9. The van der Waals surface area contributed by atoms with Crippen LogP contribution < -0.4 is 10.6 Å². The number of carbonyl (C=O) groups is 2. The van der Waals surface area contributed by atoms with E-state index in [2.05, 4.69) is 26.6 Å². The van der Waals surface area contributed by atoms with Crippen molar-refractivity contribution in [1.29, 1.82) is 0 Å². The van der Waals surface area contributed by atoms with Crippen molar-refractivity contribution in [3.8, 4) is 0 Å². The zero-order chi connectivity index (χ0) is 15.2. The minimum absolute atomic E-state index is 0.125. The lowest BCUT2D eigenvalue weighted by molar-refractivity contribution is 0.0946. The van der Waals surface area contributed by atoms with E-state index in [1.54, 1.807) is 31.3 Å². The summed E-state index contributed by atoms with van der Waals surface area (Å²) in [7, 11) is 1.59. The Hall–Kier alpha value is -2.14. The predicted octanol–water partition coefficient (Wildman–Crippen LogP) is 2.74. The van der Waals surface area contributed by atoms with Crippen molar-refractivity contribution in [3.05, 3.63) is 69.7 Å². The average molecular weight is 347 g/mol. The van der Waals surface area contributed by atoms with E-state index in [-0.39, 0.29) is 11.8 Å². The first-order valence-corrected chi connectivity index (χ1v) is 7.24. The maximum absolute atomic E-state index is 12.0. The van der Waals surface area contributed by atoms with Crippen LogP contribution in [0.15, 0.2) is 53.0 Å². The summed E-state index contributed by atoms with van der Waals surface area (Å²) in [6.07, 6.45) is 0. The second-order valence-corrected chi connectivity index (χ2v) is 5.38. The summed E-state index contributed by atoms with van der Waals surface area (Å²) in [6, 6.07) is 14.3. The number of rotatable bonds is 4. The second-order valence-electron chi connectivity index (χ2n) is 4.47. The molecule has 0 saturated heterocycles. The van der Waals surface area contributed by atoms with Gasteiger partial charge >= 0.3 is 0 Å². The molecule has 0 saturated carbocycles. The maximum atomic E-state index is 12.0. The molecule has 2 rings (SSSR count). The van der Waals surface area contributed by atoms with Crippen LogP contribution in [0.4, 0.5) is 0 Å². The van der Waals surface area contributed by atoms with E-state index in [0.29, 0.717) is 17.7 Å². The number of nitrogens with one attached hydrogen (secondary N) is 2. The quantitative estimate of drug-likeness (QED) is 0.894. The van der Waals surface area contributed by atoms with Gasteiger partial charge in [-0.05, 0) is 35.9 Å². The summed E-state index contributed by atoms with van der Waals surface area (Å²) >= 11 is 3.34. The van der Waals surface area contributed by atoms with Crippen LogP contribution in [0, 0.1) is 0 Å². The van der Waals surface area contributed by atoms with Gasteiger partial charge in [-0.25, -0.2) is 0 Å². The van der Waals surface area contributed by atoms with Crippen LogP contribution in [0.1, 0.15) is 26.3 Å². The van der Waals surface area contributed by atoms with Crippen LogP contribution in [-0.4, -0.2) is 18.9 Å². The number of amides is 2. The molecule has 0 fully saturated rings. The van der Waals surface area contributed by atoms with E-state index in [9.17, 15) is 9.59 Å². The van der Waals surface area contributed by atoms with Gasteiger partial charge in [0.1, 0.15) is 0 Å². The Labute approximate surface area is 131 Å². The lowest BCUT2D eigenvalue weighted by Crippen LogP contribution is -2.23. The zero-order valence-corrected chi connectivity index (χ0v) is 13.1. The molecule has 0 bridgehead atoms. The minimum Gasteiger partial charge on any atom is -0.355 e. The first-order chi connectivity index (χ1) is 10.1. The zero-order valence-electron chi connectivity index (χ0n) is 11.5. The molecule has 2 amide bonds. The van der Waals surface area contributed by atoms with Gasteiger partial charge in [0.15, 0.2) is 0 Å². The molecule has 2 aromatic carbocycles. The van der Waals surface area contributed by atoms with Crippen molar-refractivity contribution >= 4 is 27.7 Å². The summed E-state index contributed by atoms with van der Waals surface area (Å²) in [4.78, 5) is 23.4. The number of hydrogen-bond acceptors (Lipinski definition) is 2. The van der Waals surface area contributed by atoms with Gasteiger partial charge in [-0.1, -0.05) is 34.1 Å². The summed E-state index contributed by atoms with van der Waals surface area (Å²) in [5.41, 5.74) is 2.14. The van der Waals surface area contributed by atoms with Gasteiger partial charge < -0.3 is 10.6 Å². The normalized spacial score (nSPS) is 10.0. The number of carbonyl (C=O) groups excluding carboxylic acids is 2. The largest absolute Gasteiger partial charge is 0.355 e. The highest BCUT2D eigenvalue weighted by molar-refractivity contribution is 9.10. The number of benzene rings is 2. The molecule has 5 heteroatoms. The van der Waals surface area contributed by atoms with Crippen molar-refractivity contribution in [2.75, 3.05) is 7.05 Å². The molecule has 21 heavy (non-hydrogen) atoms. The minimum atomic E-state index is -0.133. The number of halogens is 1. The van der Waals surface area contributed by atoms with Crippen molar-refractivity contribution in [2.24, 2.45) is 0 Å². The molecule has 0 aliphatic heterocycles. The fourth-order valence-electron chi connectivity index (χ4n) is 1.83. The van der Waals surface area contributed by atoms with E-state index < -0.39 is 0 Å². The fraction of sp³-hybridized carbons (Fsp3) is 0.125. The van der Waals surface area contributed by atoms with Gasteiger partial charge in [0.25, 0.3) is 11.8 Å². The second kappa shape index (κ2) is 7.04. The molecule has 108 valence electrons. The van der Waals surface area contributed by atoms with Gasteiger partial charge in [-0.15, -0.1) is 0 Å². The molecule has 2 aromatic rings. The third-order valence-corrected chi connectivity index (χ3v) is 3.48. The van der Waals surface area contributed by atoms with E-state index in [0.717, 1.165) is 10.0 Å². The van der Waals surface area contributed by atoms with Crippen LogP contribution in [-0.2, 0) is 6.54 Å². The van der Waals surface area contributed by atoms with Gasteiger partial charge in [-0.2, -0.15) is 0 Å². The number of hydrogen-bond donors (Lipinski definition) is 2. The monoisotopic (exact) mass is 346 g/mol. The molecule has 2 N–H and O–H groups in total. The Morgan fingerprint density at radius 3 is 2.33 bits per heavy atom. The van der Waals surface area contributed by atoms with Gasteiger partial charge in [-0.3, -0.25) is 9.59 Å². The van der Waals surface area contributed by atoms with Crippen LogP contribution >= 0.6 is 15.9 Å². The van der Waals surface area contributed by atoms with Crippen LogP contribution in [0.3, 0.4) is 0 Å². The molecule has 4 nitrogen and oxygen atoms in total. The van der Waals surface area contributed by atoms with Crippen LogP contribution in [0.5, 0.6) is 0 Å². The van der Waals surface area contributed by atoms with Gasteiger partial charge in [0, 0.05) is 29.2 Å². The van der Waals surface area contributed by atoms with Crippen molar-refractivity contribution in [2.45, 2.75) is 6.54 Å². The highest BCUT2D eigenvalue weighted by Crippen LogP contribution is 2.12. The summed E-state index contributed by atoms with van der Waals surface area (Å²) in [5.74, 6) is -0.258. The molecular formula is C16H15BrN2O2. The highest BCUT2D eigenvalue weighted by Gasteiger charge is 2.06. The Bertz CT molecular complexity index is 654. The Kier molecular flexibility index (Phi) is 5.11. The first-order valence-electron chi connectivity index (χ1n) is 6.45. The Morgan fingerprint density at radius 2 is 1.71 bits per heavy atom. The van der Waals surface area contributed by atoms with Crippen LogP contribution in [0.2, 0.25) is 0 Å². The fourth-order valence-corrected chi connectivity index (χ4v) is 2.23. The molecule has 0 radical (unpaired) electrons. The van der Waals surface area contributed by atoms with E-state index in [1.165, 1.54) is 0 Å². The summed E-state index contributed by atoms with van der Waals surface area (Å²) in [6.45, 7) is 0.416. The van der Waals surface area contributed by atoms with Crippen LogP contribution in [0.25, 0.3) is 0 Å². The smallest absolute Gasteiger partial charge is 0.251 e. The predicted molar refractivity (Wildman–Crippen MR) is 85.1 cm³/mol. The molecular weight excluding hydrogens is 332 g/mol. The standard InChI is InChI=1S/C16H15BrN2O2/c1-18-15(20)12-7-5-11(6-8-12)10-19-16(21)13-3-2-4-14(17)9-13/h2-9H,10H2,1H3,(H,18,20)(H,19,21). The first kappa shape index (κ1) is 15.3. The molecule has 0 heterocycles. The van der Waals surface area contributed by atoms with Crippen molar-refractivity contribution in [1.82, 2.24) is 10.6 Å². The molecule has 0 aliphatic rings. The molecule has 0 spiro atoms. The van der Waals surface area contributed by atoms with Gasteiger partial charge in [0.05, 0.1) is 0 Å². The molecule has 0 atom stereocenters. The Balaban J connectivity index is 1.97. The topological polar surface area (TPSA) is 58.2 Å². The van der Waals surface area contributed by atoms with E-state index in [4.69, 9.17) is 0 Å².